The van der Waals surface area contributed by atoms with Crippen LogP contribution in [0.5, 0.6) is 0 Å². The first-order valence-corrected chi connectivity index (χ1v) is 3.91. The molecule has 4 N–H and O–H groups in total. The number of rotatable bonds is 2. The minimum absolute atomic E-state index is 0.0969. The third-order valence-corrected chi connectivity index (χ3v) is 2.02. The van der Waals surface area contributed by atoms with Crippen LogP contribution in [0.15, 0.2) is 0 Å². The Balaban J connectivity index is 2.52. The summed E-state index contributed by atoms with van der Waals surface area (Å²) in [5.74, 6) is 0. The van der Waals surface area contributed by atoms with Gasteiger partial charge in [0.25, 0.3) is 0 Å². The maximum atomic E-state index is 9.39. The summed E-state index contributed by atoms with van der Waals surface area (Å²) in [4.78, 5) is 0. The summed E-state index contributed by atoms with van der Waals surface area (Å²) >= 11 is 0. The van der Waals surface area contributed by atoms with E-state index in [-0.39, 0.29) is 18.8 Å². The lowest BCUT2D eigenvalue weighted by Crippen LogP contribution is -2.53. The first-order valence-electron chi connectivity index (χ1n) is 3.91. The Labute approximate surface area is 71.1 Å². The highest BCUT2D eigenvalue weighted by atomic mass is 16.7. The minimum atomic E-state index is -0.808. The predicted molar refractivity (Wildman–Crippen MR) is 41.4 cm³/mol. The zero-order valence-electron chi connectivity index (χ0n) is 7.01. The quantitative estimate of drug-likeness (QED) is 0.474. The molecule has 5 nitrogen and oxygen atoms in total. The first kappa shape index (κ1) is 9.88. The summed E-state index contributed by atoms with van der Waals surface area (Å²) < 4.78 is 10.0. The van der Waals surface area contributed by atoms with Crippen LogP contribution in [-0.4, -0.2) is 48.5 Å². The number of hydrogen-bond donors (Lipinski definition) is 3. The van der Waals surface area contributed by atoms with E-state index < -0.39 is 12.4 Å². The molecule has 5 heteroatoms. The Bertz CT molecular complexity index is 143. The SMILES string of the molecule is CO[C@@H]1O[C@H](CO)C[C@H](N)[C@H]1O. The highest BCUT2D eigenvalue weighted by molar-refractivity contribution is 4.83. The van der Waals surface area contributed by atoms with Gasteiger partial charge in [0.05, 0.1) is 12.7 Å². The molecule has 1 aliphatic rings. The molecule has 0 aromatic carbocycles. The number of methoxy groups -OCH3 is 1. The van der Waals surface area contributed by atoms with Crippen molar-refractivity contribution in [2.24, 2.45) is 5.73 Å². The van der Waals surface area contributed by atoms with Gasteiger partial charge in [-0.15, -0.1) is 0 Å². The van der Waals surface area contributed by atoms with Gasteiger partial charge in [-0.3, -0.25) is 0 Å². The lowest BCUT2D eigenvalue weighted by atomic mass is 10.0. The van der Waals surface area contributed by atoms with Crippen LogP contribution in [0.4, 0.5) is 0 Å². The molecule has 1 fully saturated rings. The molecule has 0 spiro atoms. The molecule has 0 aromatic rings. The lowest BCUT2D eigenvalue weighted by molar-refractivity contribution is -0.239. The van der Waals surface area contributed by atoms with Gasteiger partial charge in [0.2, 0.25) is 0 Å². The summed E-state index contributed by atoms with van der Waals surface area (Å²) in [5.41, 5.74) is 5.59. The number of ether oxygens (including phenoxy) is 2. The van der Waals surface area contributed by atoms with E-state index >= 15 is 0 Å². The molecule has 1 saturated heterocycles. The minimum Gasteiger partial charge on any atom is -0.394 e. The van der Waals surface area contributed by atoms with Crippen LogP contribution in [0.1, 0.15) is 6.42 Å². The van der Waals surface area contributed by atoms with Crippen molar-refractivity contribution >= 4 is 0 Å². The Morgan fingerprint density at radius 2 is 2.33 bits per heavy atom. The van der Waals surface area contributed by atoms with Crippen molar-refractivity contribution in [1.82, 2.24) is 0 Å². The van der Waals surface area contributed by atoms with E-state index in [1.807, 2.05) is 0 Å². The van der Waals surface area contributed by atoms with E-state index in [4.69, 9.17) is 20.3 Å². The van der Waals surface area contributed by atoms with Gasteiger partial charge in [-0.25, -0.2) is 0 Å². The third kappa shape index (κ3) is 1.94. The smallest absolute Gasteiger partial charge is 0.185 e. The Kier molecular flexibility index (Phi) is 3.42. The topological polar surface area (TPSA) is 84.9 Å². The third-order valence-electron chi connectivity index (χ3n) is 2.02. The molecule has 0 amide bonds. The van der Waals surface area contributed by atoms with Crippen LogP contribution in [-0.2, 0) is 9.47 Å². The van der Waals surface area contributed by atoms with Crippen molar-refractivity contribution < 1.29 is 19.7 Å². The van der Waals surface area contributed by atoms with Gasteiger partial charge in [-0.1, -0.05) is 0 Å². The van der Waals surface area contributed by atoms with Crippen molar-refractivity contribution in [2.75, 3.05) is 13.7 Å². The highest BCUT2D eigenvalue weighted by Crippen LogP contribution is 2.18. The summed E-state index contributed by atoms with van der Waals surface area (Å²) in [5, 5.41) is 18.2. The number of hydrogen-bond acceptors (Lipinski definition) is 5. The van der Waals surface area contributed by atoms with Crippen molar-refractivity contribution in [1.29, 1.82) is 0 Å². The normalized spacial score (nSPS) is 43.0. The van der Waals surface area contributed by atoms with Gasteiger partial charge in [0.1, 0.15) is 6.10 Å². The molecular formula is C7H15NO4. The van der Waals surface area contributed by atoms with Crippen LogP contribution in [0, 0.1) is 0 Å². The van der Waals surface area contributed by atoms with Gasteiger partial charge < -0.3 is 25.4 Å². The fourth-order valence-corrected chi connectivity index (χ4v) is 1.28. The lowest BCUT2D eigenvalue weighted by Gasteiger charge is -2.36. The van der Waals surface area contributed by atoms with Crippen LogP contribution in [0.2, 0.25) is 0 Å². The Morgan fingerprint density at radius 1 is 1.67 bits per heavy atom. The summed E-state index contributed by atoms with van der Waals surface area (Å²) in [6.45, 7) is -0.0969. The molecule has 0 radical (unpaired) electrons. The van der Waals surface area contributed by atoms with E-state index in [0.29, 0.717) is 6.42 Å². The van der Waals surface area contributed by atoms with Crippen LogP contribution < -0.4 is 5.73 Å². The maximum Gasteiger partial charge on any atom is 0.185 e. The molecule has 72 valence electrons. The molecule has 0 aliphatic carbocycles. The van der Waals surface area contributed by atoms with E-state index in [0.717, 1.165) is 0 Å². The standard InChI is InChI=1S/C7H15NO4/c1-11-7-6(10)5(8)2-4(3-9)12-7/h4-7,9-10H,2-3,8H2,1H3/t4-,5-,6+,7+/m0/s1. The summed E-state index contributed by atoms with van der Waals surface area (Å²) in [7, 11) is 1.43. The second-order valence-corrected chi connectivity index (χ2v) is 2.93. The number of nitrogens with two attached hydrogens (primary N) is 1. The molecule has 4 atom stereocenters. The van der Waals surface area contributed by atoms with Gasteiger partial charge in [-0.05, 0) is 6.42 Å². The average Bonchev–Trinajstić information content (AvgIpc) is 2.09. The Morgan fingerprint density at radius 3 is 2.83 bits per heavy atom. The maximum absolute atomic E-state index is 9.39. The average molecular weight is 177 g/mol. The molecule has 0 unspecified atom stereocenters. The predicted octanol–water partition coefficient (Wildman–Crippen LogP) is -1.57. The monoisotopic (exact) mass is 177 g/mol. The van der Waals surface area contributed by atoms with Gasteiger partial charge in [-0.2, -0.15) is 0 Å². The number of aliphatic hydroxyl groups excluding tert-OH is 2. The zero-order chi connectivity index (χ0) is 9.14. The second-order valence-electron chi connectivity index (χ2n) is 2.93. The fraction of sp³-hybridized carbons (Fsp3) is 1.00. The van der Waals surface area contributed by atoms with E-state index in [9.17, 15) is 5.11 Å². The summed E-state index contributed by atoms with van der Waals surface area (Å²) in [6, 6.07) is -0.388. The molecule has 1 heterocycles. The zero-order valence-corrected chi connectivity index (χ0v) is 7.01. The van der Waals surface area contributed by atoms with Crippen molar-refractivity contribution in [3.05, 3.63) is 0 Å². The molecule has 0 aromatic heterocycles. The highest BCUT2D eigenvalue weighted by Gasteiger charge is 2.35. The largest absolute Gasteiger partial charge is 0.394 e. The van der Waals surface area contributed by atoms with Crippen molar-refractivity contribution in [3.63, 3.8) is 0 Å². The van der Waals surface area contributed by atoms with E-state index in [2.05, 4.69) is 0 Å². The van der Waals surface area contributed by atoms with Crippen LogP contribution in [0.25, 0.3) is 0 Å². The van der Waals surface area contributed by atoms with Gasteiger partial charge in [0, 0.05) is 13.2 Å². The van der Waals surface area contributed by atoms with Crippen molar-refractivity contribution in [3.8, 4) is 0 Å². The Hall–Kier alpha value is -0.200. The van der Waals surface area contributed by atoms with Gasteiger partial charge >= 0.3 is 0 Å². The van der Waals surface area contributed by atoms with Gasteiger partial charge in [0.15, 0.2) is 6.29 Å². The molecule has 1 aliphatic heterocycles. The van der Waals surface area contributed by atoms with E-state index in [1.165, 1.54) is 7.11 Å². The molecule has 0 bridgehead atoms. The number of aliphatic hydroxyl groups is 2. The first-order chi connectivity index (χ1) is 5.69. The van der Waals surface area contributed by atoms with E-state index in [1.54, 1.807) is 0 Å². The molecular weight excluding hydrogens is 162 g/mol. The molecule has 1 rings (SSSR count). The van der Waals surface area contributed by atoms with Crippen molar-refractivity contribution in [2.45, 2.75) is 31.0 Å². The molecule has 0 saturated carbocycles. The summed E-state index contributed by atoms with van der Waals surface area (Å²) in [6.07, 6.45) is -1.39. The van der Waals surface area contributed by atoms with Crippen LogP contribution in [0.3, 0.4) is 0 Å². The molecule has 12 heavy (non-hydrogen) atoms. The fourth-order valence-electron chi connectivity index (χ4n) is 1.28. The second kappa shape index (κ2) is 4.15. The van der Waals surface area contributed by atoms with Crippen LogP contribution >= 0.6 is 0 Å².